The van der Waals surface area contributed by atoms with Gasteiger partial charge in [-0.2, -0.15) is 0 Å². The minimum atomic E-state index is 0.0226. The maximum atomic E-state index is 5.42. The molecule has 3 aliphatic carbocycles. The number of rotatable bonds is 1. The summed E-state index contributed by atoms with van der Waals surface area (Å²) < 4.78 is 5.42. The van der Waals surface area contributed by atoms with E-state index in [1.54, 1.807) is 7.11 Å². The van der Waals surface area contributed by atoms with Crippen molar-refractivity contribution in [1.29, 1.82) is 0 Å². The molecule has 0 heterocycles. The van der Waals surface area contributed by atoms with Crippen molar-refractivity contribution in [1.82, 2.24) is 0 Å². The van der Waals surface area contributed by atoms with Gasteiger partial charge in [0.15, 0.2) is 0 Å². The molecule has 1 radical (unpaired) electrons. The zero-order valence-electron chi connectivity index (χ0n) is 6.34. The van der Waals surface area contributed by atoms with Crippen LogP contribution in [0.3, 0.4) is 0 Å². The Kier molecular flexibility index (Phi) is 1.34. The van der Waals surface area contributed by atoms with Crippen LogP contribution in [0.2, 0.25) is 0 Å². The van der Waals surface area contributed by atoms with Gasteiger partial charge in [-0.05, 0) is 31.6 Å². The molecule has 3 aliphatic rings. The Labute approximate surface area is 62.1 Å². The molecule has 1 heteroatoms. The number of ether oxygens (including phenoxy) is 1. The van der Waals surface area contributed by atoms with Crippen molar-refractivity contribution in [3.63, 3.8) is 0 Å². The van der Waals surface area contributed by atoms with E-state index in [2.05, 4.69) is 18.6 Å². The van der Waals surface area contributed by atoms with Crippen LogP contribution in [0.25, 0.3) is 0 Å². The molecule has 0 amide bonds. The fraction of sp³-hybridized carbons (Fsp3) is 0.667. The molecule has 0 spiro atoms. The summed E-state index contributed by atoms with van der Waals surface area (Å²) >= 11 is 0. The zero-order chi connectivity index (χ0) is 7.03. The van der Waals surface area contributed by atoms with Crippen LogP contribution >= 0.6 is 0 Å². The summed E-state index contributed by atoms with van der Waals surface area (Å²) in [7, 11) is 1.80. The van der Waals surface area contributed by atoms with Crippen LogP contribution in [0.1, 0.15) is 19.3 Å². The molecule has 10 heavy (non-hydrogen) atoms. The van der Waals surface area contributed by atoms with E-state index in [0.717, 1.165) is 5.92 Å². The zero-order valence-corrected chi connectivity index (χ0v) is 6.34. The highest BCUT2D eigenvalue weighted by molar-refractivity contribution is 5.20. The monoisotopic (exact) mass is 137 g/mol. The molecule has 0 N–H and O–H groups in total. The van der Waals surface area contributed by atoms with Crippen molar-refractivity contribution in [3.05, 3.63) is 18.6 Å². The van der Waals surface area contributed by atoms with Gasteiger partial charge in [0, 0.05) is 7.11 Å². The normalized spacial score (nSPS) is 44.3. The van der Waals surface area contributed by atoms with Crippen molar-refractivity contribution in [2.75, 3.05) is 7.11 Å². The van der Waals surface area contributed by atoms with Crippen molar-refractivity contribution in [2.45, 2.75) is 24.9 Å². The minimum absolute atomic E-state index is 0.0226. The molecular formula is C9H13O. The molecule has 0 aliphatic heterocycles. The average Bonchev–Trinajstić information content (AvgIpc) is 2.08. The second-order valence-corrected chi connectivity index (χ2v) is 3.26. The lowest BCUT2D eigenvalue weighted by molar-refractivity contribution is 0.0240. The first-order valence-corrected chi connectivity index (χ1v) is 3.93. The quantitative estimate of drug-likeness (QED) is 0.502. The predicted octanol–water partition coefficient (Wildman–Crippen LogP) is 1.95. The minimum Gasteiger partial charge on any atom is -0.374 e. The highest BCUT2D eigenvalue weighted by atomic mass is 16.5. The van der Waals surface area contributed by atoms with E-state index in [1.807, 2.05) is 0 Å². The van der Waals surface area contributed by atoms with Crippen LogP contribution in [-0.2, 0) is 4.74 Å². The maximum Gasteiger partial charge on any atom is 0.0891 e. The molecule has 2 atom stereocenters. The van der Waals surface area contributed by atoms with Crippen molar-refractivity contribution in [3.8, 4) is 0 Å². The van der Waals surface area contributed by atoms with E-state index in [4.69, 9.17) is 4.74 Å². The molecule has 1 saturated carbocycles. The van der Waals surface area contributed by atoms with E-state index in [-0.39, 0.29) is 5.60 Å². The Morgan fingerprint density at radius 2 is 2.50 bits per heavy atom. The first kappa shape index (κ1) is 6.41. The van der Waals surface area contributed by atoms with E-state index in [1.165, 1.54) is 19.3 Å². The standard InChI is InChI=1S/C9H13O/c1-10-9-5-2-8(3-6-9)4-7-9/h2,5-6,8H,3-4,7H2,1H3. The van der Waals surface area contributed by atoms with Crippen LogP contribution in [0, 0.1) is 12.3 Å². The lowest BCUT2D eigenvalue weighted by Crippen LogP contribution is -2.38. The average molecular weight is 137 g/mol. The maximum absolute atomic E-state index is 5.42. The SMILES string of the molecule is COC12[CH]CC(C=C1)CC2. The summed E-state index contributed by atoms with van der Waals surface area (Å²) in [6.45, 7) is 0. The Morgan fingerprint density at radius 1 is 1.60 bits per heavy atom. The summed E-state index contributed by atoms with van der Waals surface area (Å²) in [5, 5.41) is 0. The first-order chi connectivity index (χ1) is 4.85. The fourth-order valence-corrected chi connectivity index (χ4v) is 1.86. The first-order valence-electron chi connectivity index (χ1n) is 3.93. The molecular weight excluding hydrogens is 124 g/mol. The second-order valence-electron chi connectivity index (χ2n) is 3.26. The molecule has 55 valence electrons. The van der Waals surface area contributed by atoms with Crippen LogP contribution < -0.4 is 0 Å². The largest absolute Gasteiger partial charge is 0.374 e. The van der Waals surface area contributed by atoms with Gasteiger partial charge in [-0.1, -0.05) is 12.2 Å². The second kappa shape index (κ2) is 2.09. The van der Waals surface area contributed by atoms with Crippen LogP contribution in [0.5, 0.6) is 0 Å². The van der Waals surface area contributed by atoms with E-state index >= 15 is 0 Å². The van der Waals surface area contributed by atoms with Crippen LogP contribution in [0.4, 0.5) is 0 Å². The molecule has 3 rings (SSSR count). The summed E-state index contributed by atoms with van der Waals surface area (Å²) in [5.41, 5.74) is 0.0226. The van der Waals surface area contributed by atoms with Crippen molar-refractivity contribution >= 4 is 0 Å². The predicted molar refractivity (Wildman–Crippen MR) is 40.5 cm³/mol. The lowest BCUT2D eigenvalue weighted by atomic mass is 9.73. The summed E-state index contributed by atoms with van der Waals surface area (Å²) in [6.07, 6.45) is 10.5. The number of methoxy groups -OCH3 is 1. The third kappa shape index (κ3) is 0.807. The third-order valence-corrected chi connectivity index (χ3v) is 2.70. The summed E-state index contributed by atoms with van der Waals surface area (Å²) in [6, 6.07) is 0. The van der Waals surface area contributed by atoms with Gasteiger partial charge in [0.1, 0.15) is 0 Å². The molecule has 2 unspecified atom stereocenters. The molecule has 0 saturated heterocycles. The molecule has 0 aromatic rings. The van der Waals surface area contributed by atoms with Gasteiger partial charge in [-0.3, -0.25) is 0 Å². The van der Waals surface area contributed by atoms with Gasteiger partial charge in [-0.15, -0.1) is 0 Å². The van der Waals surface area contributed by atoms with Crippen molar-refractivity contribution in [2.24, 2.45) is 5.92 Å². The lowest BCUT2D eigenvalue weighted by Gasteiger charge is -2.40. The van der Waals surface area contributed by atoms with Crippen LogP contribution in [0.15, 0.2) is 12.2 Å². The highest BCUT2D eigenvalue weighted by Gasteiger charge is 2.36. The topological polar surface area (TPSA) is 9.23 Å². The van der Waals surface area contributed by atoms with Gasteiger partial charge >= 0.3 is 0 Å². The third-order valence-electron chi connectivity index (χ3n) is 2.70. The number of allylic oxidation sites excluding steroid dienone is 1. The highest BCUT2D eigenvalue weighted by Crippen LogP contribution is 2.40. The molecule has 1 fully saturated rings. The summed E-state index contributed by atoms with van der Waals surface area (Å²) in [4.78, 5) is 0. The number of hydrogen-bond donors (Lipinski definition) is 0. The van der Waals surface area contributed by atoms with Crippen molar-refractivity contribution < 1.29 is 4.74 Å². The molecule has 0 aromatic carbocycles. The van der Waals surface area contributed by atoms with Gasteiger partial charge < -0.3 is 4.74 Å². The van der Waals surface area contributed by atoms with Gasteiger partial charge in [0.25, 0.3) is 0 Å². The van der Waals surface area contributed by atoms with Gasteiger partial charge in [0.05, 0.1) is 5.60 Å². The van der Waals surface area contributed by atoms with E-state index in [0.29, 0.717) is 0 Å². The fourth-order valence-electron chi connectivity index (χ4n) is 1.86. The van der Waals surface area contributed by atoms with Gasteiger partial charge in [-0.25, -0.2) is 0 Å². The smallest absolute Gasteiger partial charge is 0.0891 e. The number of hydrogen-bond acceptors (Lipinski definition) is 1. The molecule has 0 aromatic heterocycles. The Balaban J connectivity index is 2.22. The molecule has 2 bridgehead atoms. The number of fused-ring (bicyclic) bond motifs is 2. The molecule has 1 nitrogen and oxygen atoms in total. The van der Waals surface area contributed by atoms with Crippen LogP contribution in [-0.4, -0.2) is 12.7 Å². The van der Waals surface area contributed by atoms with E-state index < -0.39 is 0 Å². The Hall–Kier alpha value is -0.300. The van der Waals surface area contributed by atoms with E-state index in [9.17, 15) is 0 Å². The van der Waals surface area contributed by atoms with Gasteiger partial charge in [0.2, 0.25) is 0 Å². The Morgan fingerprint density at radius 3 is 2.80 bits per heavy atom. The Bertz CT molecular complexity index is 152. The summed E-state index contributed by atoms with van der Waals surface area (Å²) in [5.74, 6) is 0.817.